The molecule has 0 bridgehead atoms. The van der Waals surface area contributed by atoms with Crippen LogP contribution >= 0.6 is 11.8 Å². The second-order valence-corrected chi connectivity index (χ2v) is 2.30. The maximum absolute atomic E-state index is 11.6. The summed E-state index contributed by atoms with van der Waals surface area (Å²) in [7, 11) is 0. The molecule has 3 heteroatoms. The fourth-order valence-electron chi connectivity index (χ4n) is 0.0253. The van der Waals surface area contributed by atoms with Crippen LogP contribution in [0.1, 0.15) is 13.8 Å². The highest BCUT2D eigenvalue weighted by atomic mass is 35.5. The van der Waals surface area contributed by atoms with Crippen molar-refractivity contribution in [3.63, 3.8) is 0 Å². The molecule has 0 amide bonds. The van der Waals surface area contributed by atoms with E-state index in [-0.39, 0.29) is 0 Å². The lowest BCUT2D eigenvalue weighted by Gasteiger charge is -2.15. The van der Waals surface area contributed by atoms with Gasteiger partial charge in [0, 0.05) is 0 Å². The molecule has 44 valence electrons. The van der Waals surface area contributed by atoms with Crippen molar-refractivity contribution >= 4 is 11.8 Å². The maximum atomic E-state index is 11.6. The SMILES string of the molecule is CC(C)(CF)NCl. The Morgan fingerprint density at radius 3 is 2.14 bits per heavy atom. The Hall–Kier alpha value is 0.180. The molecule has 0 saturated heterocycles. The number of nitrogens with one attached hydrogen (secondary N) is 1. The number of alkyl halides is 1. The molecule has 0 aliphatic carbocycles. The lowest BCUT2D eigenvalue weighted by atomic mass is 10.1. The van der Waals surface area contributed by atoms with E-state index in [4.69, 9.17) is 11.8 Å². The Balaban J connectivity index is 3.36. The van der Waals surface area contributed by atoms with Gasteiger partial charge in [-0.25, -0.2) is 9.23 Å². The third-order valence-electron chi connectivity index (χ3n) is 0.590. The van der Waals surface area contributed by atoms with Crippen LogP contribution in [0.25, 0.3) is 0 Å². The van der Waals surface area contributed by atoms with Gasteiger partial charge in [-0.15, -0.1) is 0 Å². The van der Waals surface area contributed by atoms with Crippen molar-refractivity contribution in [1.29, 1.82) is 0 Å². The second kappa shape index (κ2) is 2.48. The minimum Gasteiger partial charge on any atom is -0.249 e. The summed E-state index contributed by atoms with van der Waals surface area (Å²) in [6.07, 6.45) is 0. The van der Waals surface area contributed by atoms with Crippen LogP contribution in [0, 0.1) is 0 Å². The first-order chi connectivity index (χ1) is 3.12. The van der Waals surface area contributed by atoms with E-state index in [1.54, 1.807) is 13.8 Å². The molecule has 7 heavy (non-hydrogen) atoms. The Kier molecular flexibility index (Phi) is 2.54. The molecule has 0 spiro atoms. The van der Waals surface area contributed by atoms with Gasteiger partial charge in [0.1, 0.15) is 6.67 Å². The van der Waals surface area contributed by atoms with Crippen LogP contribution in [0.3, 0.4) is 0 Å². The highest BCUT2D eigenvalue weighted by Gasteiger charge is 2.13. The van der Waals surface area contributed by atoms with Crippen molar-refractivity contribution in [2.45, 2.75) is 19.4 Å². The van der Waals surface area contributed by atoms with Crippen molar-refractivity contribution in [2.24, 2.45) is 0 Å². The van der Waals surface area contributed by atoms with Crippen LogP contribution in [0.2, 0.25) is 0 Å². The smallest absolute Gasteiger partial charge is 0.108 e. The van der Waals surface area contributed by atoms with Crippen LogP contribution in [-0.2, 0) is 0 Å². The Morgan fingerprint density at radius 2 is 2.14 bits per heavy atom. The number of rotatable bonds is 2. The van der Waals surface area contributed by atoms with Crippen molar-refractivity contribution in [3.05, 3.63) is 0 Å². The van der Waals surface area contributed by atoms with Crippen LogP contribution in [0.5, 0.6) is 0 Å². The van der Waals surface area contributed by atoms with E-state index in [1.165, 1.54) is 0 Å². The van der Waals surface area contributed by atoms with Gasteiger partial charge in [-0.05, 0) is 25.6 Å². The summed E-state index contributed by atoms with van der Waals surface area (Å²) in [5, 5.41) is 0. The molecule has 0 fully saturated rings. The van der Waals surface area contributed by atoms with Crippen molar-refractivity contribution in [1.82, 2.24) is 4.84 Å². The normalized spacial score (nSPS) is 12.0. The zero-order valence-corrected chi connectivity index (χ0v) is 5.22. The van der Waals surface area contributed by atoms with E-state index in [2.05, 4.69) is 4.84 Å². The average molecular weight is 126 g/mol. The van der Waals surface area contributed by atoms with Crippen LogP contribution in [-0.4, -0.2) is 12.2 Å². The van der Waals surface area contributed by atoms with Gasteiger partial charge in [-0.3, -0.25) is 0 Å². The molecule has 1 nitrogen and oxygen atoms in total. The molecule has 0 radical (unpaired) electrons. The molecule has 1 N–H and O–H groups in total. The summed E-state index contributed by atoms with van der Waals surface area (Å²) in [5.74, 6) is 0. The van der Waals surface area contributed by atoms with Crippen LogP contribution in [0.4, 0.5) is 4.39 Å². The van der Waals surface area contributed by atoms with Crippen LogP contribution in [0.15, 0.2) is 0 Å². The van der Waals surface area contributed by atoms with Gasteiger partial charge in [0.25, 0.3) is 0 Å². The number of halogens is 2. The zero-order valence-electron chi connectivity index (χ0n) is 4.46. The summed E-state index contributed by atoms with van der Waals surface area (Å²) in [5.41, 5.74) is -0.568. The molecule has 0 aliphatic rings. The largest absolute Gasteiger partial charge is 0.249 e. The molecular weight excluding hydrogens is 117 g/mol. The zero-order chi connectivity index (χ0) is 5.91. The minimum atomic E-state index is -0.568. The van der Waals surface area contributed by atoms with Gasteiger partial charge in [-0.1, -0.05) is 0 Å². The Morgan fingerprint density at radius 1 is 1.71 bits per heavy atom. The van der Waals surface area contributed by atoms with Gasteiger partial charge >= 0.3 is 0 Å². The summed E-state index contributed by atoms with van der Waals surface area (Å²) in [4.78, 5) is 2.29. The standard InChI is InChI=1S/C4H9ClFN/c1-4(2,3-6)7-5/h7H,3H2,1-2H3. The van der Waals surface area contributed by atoms with Gasteiger partial charge < -0.3 is 0 Å². The first kappa shape index (κ1) is 7.18. The summed E-state index contributed by atoms with van der Waals surface area (Å²) < 4.78 is 11.6. The maximum Gasteiger partial charge on any atom is 0.108 e. The first-order valence-corrected chi connectivity index (χ1v) is 2.44. The molecule has 0 aliphatic heterocycles. The lowest BCUT2D eigenvalue weighted by molar-refractivity contribution is 0.331. The lowest BCUT2D eigenvalue weighted by Crippen LogP contribution is -2.34. The van der Waals surface area contributed by atoms with E-state index >= 15 is 0 Å². The molecule has 0 saturated carbocycles. The average Bonchev–Trinajstić information content (AvgIpc) is 1.68. The van der Waals surface area contributed by atoms with E-state index in [1.807, 2.05) is 0 Å². The van der Waals surface area contributed by atoms with Gasteiger partial charge in [0.15, 0.2) is 0 Å². The molecular formula is C4H9ClFN. The molecule has 0 aromatic carbocycles. The fraction of sp³-hybridized carbons (Fsp3) is 1.00. The molecule has 0 aromatic rings. The fourth-order valence-corrected chi connectivity index (χ4v) is 0.0758. The van der Waals surface area contributed by atoms with Gasteiger partial charge in [-0.2, -0.15) is 0 Å². The third kappa shape index (κ3) is 2.83. The number of hydrogen-bond donors (Lipinski definition) is 1. The molecule has 0 aromatic heterocycles. The van der Waals surface area contributed by atoms with Gasteiger partial charge in [0.05, 0.1) is 5.54 Å². The van der Waals surface area contributed by atoms with E-state index in [9.17, 15) is 4.39 Å². The highest BCUT2D eigenvalue weighted by molar-refractivity contribution is 6.13. The predicted octanol–water partition coefficient (Wildman–Crippen LogP) is 1.48. The monoisotopic (exact) mass is 125 g/mol. The van der Waals surface area contributed by atoms with Crippen molar-refractivity contribution in [2.75, 3.05) is 6.67 Å². The molecule has 0 atom stereocenters. The topological polar surface area (TPSA) is 12.0 Å². The van der Waals surface area contributed by atoms with E-state index < -0.39 is 12.2 Å². The second-order valence-electron chi connectivity index (χ2n) is 2.11. The van der Waals surface area contributed by atoms with Gasteiger partial charge in [0.2, 0.25) is 0 Å². The van der Waals surface area contributed by atoms with E-state index in [0.717, 1.165) is 0 Å². The van der Waals surface area contributed by atoms with Crippen molar-refractivity contribution < 1.29 is 4.39 Å². The molecule has 0 rings (SSSR count). The first-order valence-electron chi connectivity index (χ1n) is 2.06. The summed E-state index contributed by atoms with van der Waals surface area (Å²) in [6, 6.07) is 0. The molecule has 0 heterocycles. The minimum absolute atomic E-state index is 0.448. The Bertz CT molecular complexity index is 49.7. The quantitative estimate of drug-likeness (QED) is 0.552. The number of hydrogen-bond acceptors (Lipinski definition) is 1. The summed E-state index contributed by atoms with van der Waals surface area (Å²) in [6.45, 7) is 2.91. The summed E-state index contributed by atoms with van der Waals surface area (Å²) >= 11 is 5.10. The van der Waals surface area contributed by atoms with Crippen LogP contribution < -0.4 is 4.84 Å². The van der Waals surface area contributed by atoms with E-state index in [0.29, 0.717) is 0 Å². The third-order valence-corrected chi connectivity index (χ3v) is 1.10. The highest BCUT2D eigenvalue weighted by Crippen LogP contribution is 2.01. The molecule has 0 unspecified atom stereocenters. The van der Waals surface area contributed by atoms with Crippen molar-refractivity contribution in [3.8, 4) is 0 Å². The predicted molar refractivity (Wildman–Crippen MR) is 29.0 cm³/mol. The Labute approximate surface area is 48.0 Å².